The summed E-state index contributed by atoms with van der Waals surface area (Å²) in [7, 11) is 0. The molecular weight excluding hydrogens is 569 g/mol. The molecule has 0 aliphatic heterocycles. The van der Waals surface area contributed by atoms with Gasteiger partial charge in [-0.3, -0.25) is 4.57 Å². The average Bonchev–Trinajstić information content (AvgIpc) is 3.77. The molecule has 4 heterocycles. The lowest BCUT2D eigenvalue weighted by Gasteiger charge is -2.08. The standard InChI is InChI=1S/C41H24N2OS/c1-4-19-35-29(12-1)30-13-2-5-20-36(30)43(35)38-23-22-34-33-18-9-16-28(40(33)45-41(34)42-38)26-11-7-10-25(24-26)27-15-8-17-32-31-14-3-6-21-37(31)44-39(27)32/h1-24H. The van der Waals surface area contributed by atoms with E-state index < -0.39 is 0 Å². The first kappa shape index (κ1) is 24.7. The van der Waals surface area contributed by atoms with E-state index in [1.54, 1.807) is 11.3 Å². The normalized spacial score (nSPS) is 12.0. The highest BCUT2D eigenvalue weighted by Crippen LogP contribution is 2.42. The Kier molecular flexibility index (Phi) is 5.16. The van der Waals surface area contributed by atoms with E-state index in [-0.39, 0.29) is 0 Å². The van der Waals surface area contributed by atoms with Crippen molar-refractivity contribution in [2.75, 3.05) is 0 Å². The predicted octanol–water partition coefficient (Wildman–Crippen LogP) is 11.8. The van der Waals surface area contributed by atoms with Gasteiger partial charge in [0.25, 0.3) is 0 Å². The van der Waals surface area contributed by atoms with Crippen LogP contribution >= 0.6 is 11.3 Å². The molecule has 0 aliphatic rings. The van der Waals surface area contributed by atoms with Crippen molar-refractivity contribution in [1.29, 1.82) is 0 Å². The van der Waals surface area contributed by atoms with Crippen molar-refractivity contribution in [2.24, 2.45) is 0 Å². The number of thiophene rings is 1. The Hall–Kier alpha value is -5.71. The maximum absolute atomic E-state index is 6.38. The van der Waals surface area contributed by atoms with E-state index in [1.165, 1.54) is 48.4 Å². The van der Waals surface area contributed by atoms with Crippen LogP contribution in [0.2, 0.25) is 0 Å². The van der Waals surface area contributed by atoms with E-state index in [1.807, 2.05) is 12.1 Å². The first-order valence-electron chi connectivity index (χ1n) is 15.1. The van der Waals surface area contributed by atoms with E-state index in [9.17, 15) is 0 Å². The summed E-state index contributed by atoms with van der Waals surface area (Å²) >= 11 is 1.77. The molecule has 0 fully saturated rings. The molecule has 6 aromatic carbocycles. The highest BCUT2D eigenvalue weighted by Gasteiger charge is 2.17. The van der Waals surface area contributed by atoms with E-state index >= 15 is 0 Å². The number of nitrogens with zero attached hydrogens (tertiary/aromatic N) is 2. The molecule has 0 unspecified atom stereocenters. The van der Waals surface area contributed by atoms with Crippen molar-refractivity contribution in [3.05, 3.63) is 146 Å². The summed E-state index contributed by atoms with van der Waals surface area (Å²) in [6.45, 7) is 0. The fraction of sp³-hybridized carbons (Fsp3) is 0. The summed E-state index contributed by atoms with van der Waals surface area (Å²) in [6, 6.07) is 51.7. The third-order valence-electron chi connectivity index (χ3n) is 9.05. The smallest absolute Gasteiger partial charge is 0.143 e. The predicted molar refractivity (Wildman–Crippen MR) is 190 cm³/mol. The van der Waals surface area contributed by atoms with Crippen molar-refractivity contribution in [1.82, 2.24) is 9.55 Å². The molecule has 4 heteroatoms. The second kappa shape index (κ2) is 9.39. The zero-order chi connectivity index (χ0) is 29.5. The summed E-state index contributed by atoms with van der Waals surface area (Å²) in [5.74, 6) is 0.939. The maximum Gasteiger partial charge on any atom is 0.143 e. The number of furan rings is 1. The molecule has 0 bridgehead atoms. The second-order valence-corrected chi connectivity index (χ2v) is 12.5. The Morgan fingerprint density at radius 3 is 1.91 bits per heavy atom. The molecule has 3 nitrogen and oxygen atoms in total. The van der Waals surface area contributed by atoms with Gasteiger partial charge in [-0.2, -0.15) is 0 Å². The van der Waals surface area contributed by atoms with Crippen LogP contribution in [0.1, 0.15) is 0 Å². The van der Waals surface area contributed by atoms with Crippen LogP contribution in [0.5, 0.6) is 0 Å². The van der Waals surface area contributed by atoms with E-state index in [0.717, 1.165) is 43.7 Å². The van der Waals surface area contributed by atoms with E-state index in [0.29, 0.717) is 0 Å². The minimum atomic E-state index is 0.916. The van der Waals surface area contributed by atoms with Crippen LogP contribution in [-0.4, -0.2) is 9.55 Å². The molecule has 10 rings (SSSR count). The van der Waals surface area contributed by atoms with Gasteiger partial charge in [-0.15, -0.1) is 11.3 Å². The van der Waals surface area contributed by atoms with Gasteiger partial charge in [0, 0.05) is 42.6 Å². The van der Waals surface area contributed by atoms with Crippen LogP contribution in [0.4, 0.5) is 0 Å². The number of hydrogen-bond acceptors (Lipinski definition) is 3. The molecule has 0 atom stereocenters. The van der Waals surface area contributed by atoms with Gasteiger partial charge in [-0.05, 0) is 53.1 Å². The van der Waals surface area contributed by atoms with Crippen LogP contribution in [0.25, 0.3) is 92.1 Å². The van der Waals surface area contributed by atoms with Gasteiger partial charge >= 0.3 is 0 Å². The lowest BCUT2D eigenvalue weighted by molar-refractivity contribution is 0.670. The first-order chi connectivity index (χ1) is 22.3. The third-order valence-corrected chi connectivity index (χ3v) is 10.2. The zero-order valence-electron chi connectivity index (χ0n) is 24.1. The molecule has 210 valence electrons. The minimum absolute atomic E-state index is 0.916. The minimum Gasteiger partial charge on any atom is -0.455 e. The summed E-state index contributed by atoms with van der Waals surface area (Å²) in [5.41, 5.74) is 8.82. The molecule has 0 spiro atoms. The van der Waals surface area contributed by atoms with Gasteiger partial charge in [0.1, 0.15) is 21.8 Å². The topological polar surface area (TPSA) is 31.0 Å². The highest BCUT2D eigenvalue weighted by molar-refractivity contribution is 7.26. The van der Waals surface area contributed by atoms with Crippen LogP contribution in [0.3, 0.4) is 0 Å². The molecule has 0 radical (unpaired) electrons. The number of pyridine rings is 1. The summed E-state index contributed by atoms with van der Waals surface area (Å²) in [5, 5.41) is 7.19. The Morgan fingerprint density at radius 1 is 0.489 bits per heavy atom. The first-order valence-corrected chi connectivity index (χ1v) is 16.0. The molecular formula is C41H24N2OS. The van der Waals surface area contributed by atoms with Crippen LogP contribution in [0, 0.1) is 0 Å². The Bertz CT molecular complexity index is 2730. The Labute approximate surface area is 262 Å². The Morgan fingerprint density at radius 2 is 1.11 bits per heavy atom. The number of para-hydroxylation sites is 4. The van der Waals surface area contributed by atoms with Crippen LogP contribution < -0.4 is 0 Å². The number of hydrogen-bond donors (Lipinski definition) is 0. The number of fused-ring (bicyclic) bond motifs is 9. The lowest BCUT2D eigenvalue weighted by atomic mass is 9.97. The van der Waals surface area contributed by atoms with Crippen molar-refractivity contribution < 1.29 is 4.42 Å². The number of rotatable bonds is 3. The van der Waals surface area contributed by atoms with Crippen molar-refractivity contribution in [2.45, 2.75) is 0 Å². The fourth-order valence-electron chi connectivity index (χ4n) is 7.02. The molecule has 0 aliphatic carbocycles. The van der Waals surface area contributed by atoms with Crippen molar-refractivity contribution in [3.8, 4) is 28.1 Å². The molecule has 0 saturated heterocycles. The molecule has 10 aromatic rings. The lowest BCUT2D eigenvalue weighted by Crippen LogP contribution is -1.96. The van der Waals surface area contributed by atoms with Gasteiger partial charge < -0.3 is 4.42 Å². The number of aromatic nitrogens is 2. The molecule has 45 heavy (non-hydrogen) atoms. The fourth-order valence-corrected chi connectivity index (χ4v) is 8.22. The van der Waals surface area contributed by atoms with E-state index in [2.05, 4.69) is 138 Å². The largest absolute Gasteiger partial charge is 0.455 e. The molecule has 0 amide bonds. The number of benzene rings is 6. The van der Waals surface area contributed by atoms with Gasteiger partial charge in [0.2, 0.25) is 0 Å². The summed E-state index contributed by atoms with van der Waals surface area (Å²) in [6.07, 6.45) is 0. The van der Waals surface area contributed by atoms with E-state index in [4.69, 9.17) is 9.40 Å². The summed E-state index contributed by atoms with van der Waals surface area (Å²) in [4.78, 5) is 6.32. The zero-order valence-corrected chi connectivity index (χ0v) is 24.9. The van der Waals surface area contributed by atoms with Crippen LogP contribution in [0.15, 0.2) is 150 Å². The quantitative estimate of drug-likeness (QED) is 0.204. The monoisotopic (exact) mass is 592 g/mol. The maximum atomic E-state index is 6.38. The highest BCUT2D eigenvalue weighted by atomic mass is 32.1. The second-order valence-electron chi connectivity index (χ2n) is 11.5. The SMILES string of the molecule is c1cc(-c2cccc3c2oc2ccccc23)cc(-c2cccc3c2sc2nc(-n4c5ccccc5c5ccccc54)ccc23)c1. The van der Waals surface area contributed by atoms with Gasteiger partial charge in [-0.1, -0.05) is 109 Å². The van der Waals surface area contributed by atoms with Crippen molar-refractivity contribution in [3.63, 3.8) is 0 Å². The Balaban J connectivity index is 1.14. The summed E-state index contributed by atoms with van der Waals surface area (Å²) < 4.78 is 9.92. The average molecular weight is 593 g/mol. The molecule has 0 N–H and O–H groups in total. The molecule has 0 saturated carbocycles. The van der Waals surface area contributed by atoms with Crippen LogP contribution in [-0.2, 0) is 0 Å². The molecule has 4 aromatic heterocycles. The van der Waals surface area contributed by atoms with Gasteiger partial charge in [-0.25, -0.2) is 4.98 Å². The van der Waals surface area contributed by atoms with Crippen molar-refractivity contribution >= 4 is 75.4 Å². The third kappa shape index (κ3) is 3.60. The van der Waals surface area contributed by atoms with Gasteiger partial charge in [0.15, 0.2) is 0 Å². The van der Waals surface area contributed by atoms with Gasteiger partial charge in [0.05, 0.1) is 11.0 Å².